The van der Waals surface area contributed by atoms with Gasteiger partial charge in [0, 0.05) is 5.41 Å². The Labute approximate surface area is 68.8 Å². The molecule has 0 aromatic carbocycles. The zero-order valence-corrected chi connectivity index (χ0v) is 7.60. The Morgan fingerprint density at radius 2 is 2.18 bits per heavy atom. The number of hydrogen-bond acceptors (Lipinski definition) is 0. The van der Waals surface area contributed by atoms with Crippen LogP contribution in [-0.2, 0) is 0 Å². The highest BCUT2D eigenvalue weighted by Gasteiger charge is 2.12. The molecule has 0 aliphatic rings. The van der Waals surface area contributed by atoms with Gasteiger partial charge in [-0.15, -0.1) is 6.58 Å². The molecule has 2 atom stereocenters. The Morgan fingerprint density at radius 3 is 2.45 bits per heavy atom. The molecule has 0 spiro atoms. The fourth-order valence-corrected chi connectivity index (χ4v) is 0.683. The first-order valence-electron chi connectivity index (χ1n) is 4.01. The average molecular weight is 156 g/mol. The average Bonchev–Trinajstić information content (AvgIpc) is 2.00. The summed E-state index contributed by atoms with van der Waals surface area (Å²) in [7, 11) is 0. The van der Waals surface area contributed by atoms with Gasteiger partial charge in [-0.1, -0.05) is 32.1 Å². The van der Waals surface area contributed by atoms with Crippen molar-refractivity contribution in [2.24, 2.45) is 5.41 Å². The van der Waals surface area contributed by atoms with Gasteiger partial charge in [0.25, 0.3) is 0 Å². The van der Waals surface area contributed by atoms with E-state index >= 15 is 0 Å². The second-order valence-electron chi connectivity index (χ2n) is 3.10. The Balaban J connectivity index is 4.17. The third-order valence-electron chi connectivity index (χ3n) is 1.97. The van der Waals surface area contributed by atoms with Crippen molar-refractivity contribution in [3.63, 3.8) is 0 Å². The normalized spacial score (nSPS) is 19.6. The number of halogens is 1. The quantitative estimate of drug-likeness (QED) is 0.546. The first kappa shape index (κ1) is 10.4. The van der Waals surface area contributed by atoms with Crippen molar-refractivity contribution < 1.29 is 4.39 Å². The van der Waals surface area contributed by atoms with Crippen LogP contribution in [0.1, 0.15) is 27.2 Å². The molecule has 0 unspecified atom stereocenters. The molecule has 0 amide bonds. The summed E-state index contributed by atoms with van der Waals surface area (Å²) >= 11 is 0. The second-order valence-corrected chi connectivity index (χ2v) is 3.10. The molecule has 64 valence electrons. The third kappa shape index (κ3) is 3.97. The van der Waals surface area contributed by atoms with Crippen LogP contribution in [0.2, 0.25) is 0 Å². The summed E-state index contributed by atoms with van der Waals surface area (Å²) in [5.41, 5.74) is -0.0413. The SMILES string of the molecule is C=C[C@](C)(/C=C\[C@H](C)F)CC. The summed E-state index contributed by atoms with van der Waals surface area (Å²) in [4.78, 5) is 0. The van der Waals surface area contributed by atoms with Gasteiger partial charge in [-0.25, -0.2) is 4.39 Å². The first-order chi connectivity index (χ1) is 5.04. The van der Waals surface area contributed by atoms with Gasteiger partial charge in [-0.3, -0.25) is 0 Å². The topological polar surface area (TPSA) is 0 Å². The Hall–Kier alpha value is -0.590. The zero-order valence-electron chi connectivity index (χ0n) is 7.60. The summed E-state index contributed by atoms with van der Waals surface area (Å²) in [6.07, 6.45) is 5.40. The highest BCUT2D eigenvalue weighted by molar-refractivity contribution is 5.07. The maximum atomic E-state index is 12.4. The number of rotatable bonds is 4. The van der Waals surface area contributed by atoms with Crippen molar-refractivity contribution in [3.05, 3.63) is 24.8 Å². The van der Waals surface area contributed by atoms with Gasteiger partial charge < -0.3 is 0 Å². The molecular formula is C10H17F. The molecule has 0 rings (SSSR count). The minimum Gasteiger partial charge on any atom is -0.243 e. The summed E-state index contributed by atoms with van der Waals surface area (Å²) < 4.78 is 12.4. The van der Waals surface area contributed by atoms with Gasteiger partial charge >= 0.3 is 0 Å². The van der Waals surface area contributed by atoms with E-state index in [2.05, 4.69) is 13.5 Å². The van der Waals surface area contributed by atoms with Crippen molar-refractivity contribution in [3.8, 4) is 0 Å². The molecule has 0 radical (unpaired) electrons. The van der Waals surface area contributed by atoms with Gasteiger partial charge in [-0.2, -0.15) is 0 Å². The van der Waals surface area contributed by atoms with E-state index in [1.165, 1.54) is 6.92 Å². The Bertz CT molecular complexity index is 147. The monoisotopic (exact) mass is 156 g/mol. The lowest BCUT2D eigenvalue weighted by Crippen LogP contribution is -2.07. The number of allylic oxidation sites excluding steroid dienone is 3. The standard InChI is InChI=1S/C10H17F/c1-5-10(4,6-2)8-7-9(3)11/h5,7-9H,1,6H2,2-4H3/b8-7-/t9-,10-/m0/s1. The van der Waals surface area contributed by atoms with Crippen LogP contribution in [0, 0.1) is 5.41 Å². The van der Waals surface area contributed by atoms with Gasteiger partial charge in [0.15, 0.2) is 0 Å². The predicted octanol–water partition coefficient (Wildman–Crippen LogP) is 3.50. The largest absolute Gasteiger partial charge is 0.243 e. The van der Waals surface area contributed by atoms with Crippen LogP contribution < -0.4 is 0 Å². The molecule has 0 aromatic rings. The van der Waals surface area contributed by atoms with Crippen LogP contribution in [-0.4, -0.2) is 6.17 Å². The van der Waals surface area contributed by atoms with Gasteiger partial charge in [-0.05, 0) is 13.3 Å². The van der Waals surface area contributed by atoms with Crippen LogP contribution in [0.25, 0.3) is 0 Å². The lowest BCUT2D eigenvalue weighted by Gasteiger charge is -2.18. The molecule has 0 nitrogen and oxygen atoms in total. The van der Waals surface area contributed by atoms with Crippen molar-refractivity contribution >= 4 is 0 Å². The first-order valence-corrected chi connectivity index (χ1v) is 4.01. The number of hydrogen-bond donors (Lipinski definition) is 0. The van der Waals surface area contributed by atoms with E-state index in [1.54, 1.807) is 6.08 Å². The van der Waals surface area contributed by atoms with Gasteiger partial charge in [0.05, 0.1) is 0 Å². The van der Waals surface area contributed by atoms with Crippen molar-refractivity contribution in [2.75, 3.05) is 0 Å². The van der Waals surface area contributed by atoms with E-state index < -0.39 is 6.17 Å². The van der Waals surface area contributed by atoms with Gasteiger partial charge in [0.2, 0.25) is 0 Å². The van der Waals surface area contributed by atoms with E-state index in [9.17, 15) is 4.39 Å². The van der Waals surface area contributed by atoms with E-state index in [0.717, 1.165) is 6.42 Å². The molecule has 0 N–H and O–H groups in total. The molecule has 0 fully saturated rings. The number of alkyl halides is 1. The van der Waals surface area contributed by atoms with Crippen LogP contribution in [0.15, 0.2) is 24.8 Å². The highest BCUT2D eigenvalue weighted by atomic mass is 19.1. The van der Waals surface area contributed by atoms with Crippen LogP contribution in [0.3, 0.4) is 0 Å². The summed E-state index contributed by atoms with van der Waals surface area (Å²) in [6.45, 7) is 9.34. The highest BCUT2D eigenvalue weighted by Crippen LogP contribution is 2.24. The lowest BCUT2D eigenvalue weighted by atomic mass is 9.87. The molecule has 0 saturated heterocycles. The summed E-state index contributed by atoms with van der Waals surface area (Å²) in [5.74, 6) is 0. The zero-order chi connectivity index (χ0) is 8.91. The molecular weight excluding hydrogens is 139 g/mol. The minimum absolute atomic E-state index is 0.0413. The molecule has 0 bridgehead atoms. The van der Waals surface area contributed by atoms with Crippen molar-refractivity contribution in [1.82, 2.24) is 0 Å². The molecule has 0 aliphatic carbocycles. The Morgan fingerprint density at radius 1 is 1.64 bits per heavy atom. The van der Waals surface area contributed by atoms with Crippen molar-refractivity contribution in [2.45, 2.75) is 33.4 Å². The fraction of sp³-hybridized carbons (Fsp3) is 0.600. The Kier molecular flexibility index (Phi) is 4.09. The van der Waals surface area contributed by atoms with E-state index in [-0.39, 0.29) is 5.41 Å². The van der Waals surface area contributed by atoms with Crippen LogP contribution in [0.5, 0.6) is 0 Å². The van der Waals surface area contributed by atoms with Gasteiger partial charge in [0.1, 0.15) is 6.17 Å². The second kappa shape index (κ2) is 4.32. The maximum Gasteiger partial charge on any atom is 0.115 e. The smallest absolute Gasteiger partial charge is 0.115 e. The summed E-state index contributed by atoms with van der Waals surface area (Å²) in [5, 5.41) is 0. The lowest BCUT2D eigenvalue weighted by molar-refractivity contribution is 0.423. The van der Waals surface area contributed by atoms with Crippen LogP contribution >= 0.6 is 0 Å². The van der Waals surface area contributed by atoms with E-state index in [0.29, 0.717) is 0 Å². The molecule has 1 heteroatoms. The molecule has 11 heavy (non-hydrogen) atoms. The third-order valence-corrected chi connectivity index (χ3v) is 1.97. The minimum atomic E-state index is -0.860. The van der Waals surface area contributed by atoms with E-state index in [1.807, 2.05) is 19.1 Å². The molecule has 0 aliphatic heterocycles. The maximum absolute atomic E-state index is 12.4. The molecule has 0 aromatic heterocycles. The summed E-state index contributed by atoms with van der Waals surface area (Å²) in [6, 6.07) is 0. The van der Waals surface area contributed by atoms with Crippen molar-refractivity contribution in [1.29, 1.82) is 0 Å². The molecule has 0 saturated carbocycles. The predicted molar refractivity (Wildman–Crippen MR) is 48.3 cm³/mol. The van der Waals surface area contributed by atoms with E-state index in [4.69, 9.17) is 0 Å². The molecule has 0 heterocycles. The fourth-order valence-electron chi connectivity index (χ4n) is 0.683. The van der Waals surface area contributed by atoms with Crippen LogP contribution in [0.4, 0.5) is 4.39 Å².